The number of anilines is 1. The van der Waals surface area contributed by atoms with Crippen LogP contribution < -0.4 is 15.8 Å². The van der Waals surface area contributed by atoms with E-state index in [2.05, 4.69) is 10.3 Å². The van der Waals surface area contributed by atoms with Crippen molar-refractivity contribution in [2.75, 3.05) is 19.0 Å². The molecule has 1 aromatic carbocycles. The lowest BCUT2D eigenvalue weighted by atomic mass is 10.3. The van der Waals surface area contributed by atoms with Gasteiger partial charge in [-0.1, -0.05) is 0 Å². The Morgan fingerprint density at radius 2 is 2.35 bits per heavy atom. The molecule has 1 heterocycles. The normalized spacial score (nSPS) is 10.3. The summed E-state index contributed by atoms with van der Waals surface area (Å²) in [5, 5.41) is 5.04. The number of carbonyl (C=O) groups excluding carboxylic acids is 1. The molecule has 0 aliphatic heterocycles. The Kier molecular flexibility index (Phi) is 4.65. The van der Waals surface area contributed by atoms with E-state index in [1.807, 2.05) is 0 Å². The molecule has 0 aliphatic carbocycles. The average molecular weight is 295 g/mol. The van der Waals surface area contributed by atoms with Crippen molar-refractivity contribution in [2.45, 2.75) is 6.42 Å². The Labute approximate surface area is 119 Å². The second-order valence-corrected chi connectivity index (χ2v) is 4.91. The van der Waals surface area contributed by atoms with Crippen LogP contribution in [0.4, 0.5) is 10.1 Å². The number of ether oxygens (including phenoxy) is 1. The van der Waals surface area contributed by atoms with Crippen LogP contribution in [-0.4, -0.2) is 24.5 Å². The molecule has 1 aromatic heterocycles. The van der Waals surface area contributed by atoms with E-state index in [9.17, 15) is 9.18 Å². The number of halogens is 1. The number of hydrogen-bond donors (Lipinski definition) is 2. The van der Waals surface area contributed by atoms with Gasteiger partial charge < -0.3 is 15.8 Å². The Bertz CT molecular complexity index is 615. The van der Waals surface area contributed by atoms with Crippen molar-refractivity contribution in [1.82, 2.24) is 4.98 Å². The minimum Gasteiger partial charge on any atom is -0.494 e. The van der Waals surface area contributed by atoms with Gasteiger partial charge in [0, 0.05) is 23.6 Å². The van der Waals surface area contributed by atoms with E-state index in [0.717, 1.165) is 5.01 Å². The van der Waals surface area contributed by atoms with Crippen LogP contribution in [0, 0.1) is 5.82 Å². The van der Waals surface area contributed by atoms with Crippen molar-refractivity contribution in [2.24, 2.45) is 5.73 Å². The molecular formula is C13H14FN3O2S. The first-order valence-corrected chi connectivity index (χ1v) is 6.81. The molecule has 1 amide bonds. The molecule has 0 saturated carbocycles. The summed E-state index contributed by atoms with van der Waals surface area (Å²) in [7, 11) is 1.38. The Balaban J connectivity index is 2.08. The zero-order chi connectivity index (χ0) is 14.5. The summed E-state index contributed by atoms with van der Waals surface area (Å²) < 4.78 is 18.3. The van der Waals surface area contributed by atoms with Gasteiger partial charge in [-0.2, -0.15) is 0 Å². The van der Waals surface area contributed by atoms with Gasteiger partial charge in [0.05, 0.1) is 12.1 Å². The summed E-state index contributed by atoms with van der Waals surface area (Å²) in [6.45, 7) is 0.484. The topological polar surface area (TPSA) is 77.2 Å². The fourth-order valence-corrected chi connectivity index (χ4v) is 2.39. The van der Waals surface area contributed by atoms with Crippen LogP contribution in [0.15, 0.2) is 23.6 Å². The number of methoxy groups -OCH3 is 1. The van der Waals surface area contributed by atoms with E-state index in [0.29, 0.717) is 24.3 Å². The van der Waals surface area contributed by atoms with E-state index in [4.69, 9.17) is 10.5 Å². The van der Waals surface area contributed by atoms with E-state index in [1.54, 1.807) is 11.4 Å². The molecule has 0 spiro atoms. The average Bonchev–Trinajstić information content (AvgIpc) is 2.88. The predicted octanol–water partition coefficient (Wildman–Crippen LogP) is 2.04. The van der Waals surface area contributed by atoms with E-state index in [1.165, 1.54) is 30.6 Å². The molecule has 0 aliphatic rings. The van der Waals surface area contributed by atoms with Gasteiger partial charge in [0.1, 0.15) is 5.69 Å². The second-order valence-electron chi connectivity index (χ2n) is 3.97. The number of rotatable bonds is 5. The number of nitrogens with one attached hydrogen (secondary N) is 1. The van der Waals surface area contributed by atoms with Gasteiger partial charge in [-0.25, -0.2) is 9.37 Å². The van der Waals surface area contributed by atoms with E-state index in [-0.39, 0.29) is 11.7 Å². The third kappa shape index (κ3) is 3.31. The van der Waals surface area contributed by atoms with Crippen LogP contribution in [0.3, 0.4) is 0 Å². The van der Waals surface area contributed by atoms with Crippen molar-refractivity contribution >= 4 is 22.9 Å². The summed E-state index contributed by atoms with van der Waals surface area (Å²) in [6.07, 6.45) is 0.634. The molecule has 0 radical (unpaired) electrons. The predicted molar refractivity (Wildman–Crippen MR) is 75.8 cm³/mol. The monoisotopic (exact) mass is 295 g/mol. The zero-order valence-electron chi connectivity index (χ0n) is 10.9. The van der Waals surface area contributed by atoms with Crippen LogP contribution in [0.2, 0.25) is 0 Å². The van der Waals surface area contributed by atoms with Crippen molar-refractivity contribution in [3.63, 3.8) is 0 Å². The lowest BCUT2D eigenvalue weighted by Gasteiger charge is -2.06. The quantitative estimate of drug-likeness (QED) is 0.885. The second kappa shape index (κ2) is 6.44. The maximum absolute atomic E-state index is 13.5. The van der Waals surface area contributed by atoms with Crippen LogP contribution in [0.5, 0.6) is 5.75 Å². The molecule has 7 heteroatoms. The van der Waals surface area contributed by atoms with Crippen molar-refractivity contribution in [3.05, 3.63) is 40.1 Å². The number of carbonyl (C=O) groups is 1. The Morgan fingerprint density at radius 3 is 3.00 bits per heavy atom. The summed E-state index contributed by atoms with van der Waals surface area (Å²) in [5.41, 5.74) is 6.08. The number of thiazole rings is 1. The molecule has 2 aromatic rings. The highest BCUT2D eigenvalue weighted by Gasteiger charge is 2.12. The Morgan fingerprint density at radius 1 is 1.55 bits per heavy atom. The van der Waals surface area contributed by atoms with E-state index < -0.39 is 5.82 Å². The lowest BCUT2D eigenvalue weighted by molar-refractivity contribution is 0.102. The van der Waals surface area contributed by atoms with Crippen LogP contribution in [-0.2, 0) is 6.42 Å². The molecule has 5 nitrogen and oxygen atoms in total. The highest BCUT2D eigenvalue weighted by molar-refractivity contribution is 7.09. The summed E-state index contributed by atoms with van der Waals surface area (Å²) in [6, 6.07) is 4.21. The molecular weight excluding hydrogens is 281 g/mol. The van der Waals surface area contributed by atoms with Gasteiger partial charge in [0.25, 0.3) is 5.91 Å². The highest BCUT2D eigenvalue weighted by Crippen LogP contribution is 2.21. The van der Waals surface area contributed by atoms with Crippen LogP contribution >= 0.6 is 11.3 Å². The summed E-state index contributed by atoms with van der Waals surface area (Å²) in [5.74, 6) is -0.789. The number of hydrogen-bond acceptors (Lipinski definition) is 5. The summed E-state index contributed by atoms with van der Waals surface area (Å²) in [4.78, 5) is 16.1. The minimum atomic E-state index is -0.535. The molecule has 0 bridgehead atoms. The fraction of sp³-hybridized carbons (Fsp3) is 0.231. The van der Waals surface area contributed by atoms with E-state index >= 15 is 0 Å². The largest absolute Gasteiger partial charge is 0.494 e. The van der Waals surface area contributed by atoms with Crippen LogP contribution in [0.1, 0.15) is 15.5 Å². The summed E-state index contributed by atoms with van der Waals surface area (Å²) >= 11 is 1.38. The molecule has 0 atom stereocenters. The Hall–Kier alpha value is -1.99. The van der Waals surface area contributed by atoms with Gasteiger partial charge in [0.2, 0.25) is 0 Å². The van der Waals surface area contributed by atoms with Gasteiger partial charge in [-0.3, -0.25) is 4.79 Å². The van der Waals surface area contributed by atoms with Crippen molar-refractivity contribution in [1.29, 1.82) is 0 Å². The number of amides is 1. The number of benzene rings is 1. The van der Waals surface area contributed by atoms with Gasteiger partial charge in [-0.05, 0) is 18.7 Å². The number of nitrogens with zero attached hydrogens (tertiary/aromatic N) is 1. The maximum Gasteiger partial charge on any atom is 0.275 e. The first kappa shape index (κ1) is 14.4. The third-order valence-electron chi connectivity index (χ3n) is 2.55. The lowest BCUT2D eigenvalue weighted by Crippen LogP contribution is -2.13. The third-order valence-corrected chi connectivity index (χ3v) is 3.46. The molecule has 3 N–H and O–H groups in total. The molecule has 0 fully saturated rings. The number of aromatic nitrogens is 1. The molecule has 0 saturated heterocycles. The minimum absolute atomic E-state index is 0.127. The van der Waals surface area contributed by atoms with Gasteiger partial charge in [-0.15, -0.1) is 11.3 Å². The standard InChI is InChI=1S/C13H14FN3O2S/c1-19-11-3-2-8(6-9(11)14)16-13(18)10-7-20-12(17-10)4-5-15/h2-3,6-7H,4-5,15H2,1H3,(H,16,18). The van der Waals surface area contributed by atoms with Crippen molar-refractivity contribution in [3.8, 4) is 5.75 Å². The maximum atomic E-state index is 13.5. The fourth-order valence-electron chi connectivity index (χ4n) is 1.59. The first-order valence-electron chi connectivity index (χ1n) is 5.93. The van der Waals surface area contributed by atoms with Crippen molar-refractivity contribution < 1.29 is 13.9 Å². The van der Waals surface area contributed by atoms with Crippen LogP contribution in [0.25, 0.3) is 0 Å². The molecule has 106 valence electrons. The molecule has 0 unspecified atom stereocenters. The van der Waals surface area contributed by atoms with Gasteiger partial charge in [0.15, 0.2) is 11.6 Å². The SMILES string of the molecule is COc1ccc(NC(=O)c2csc(CCN)n2)cc1F. The molecule has 2 rings (SSSR count). The highest BCUT2D eigenvalue weighted by atomic mass is 32.1. The first-order chi connectivity index (χ1) is 9.63. The van der Waals surface area contributed by atoms with Gasteiger partial charge >= 0.3 is 0 Å². The number of nitrogens with two attached hydrogens (primary N) is 1. The smallest absolute Gasteiger partial charge is 0.275 e. The zero-order valence-corrected chi connectivity index (χ0v) is 11.7. The molecule has 20 heavy (non-hydrogen) atoms.